The number of carbonyl (C=O) groups is 2. The van der Waals surface area contributed by atoms with Gasteiger partial charge in [0, 0.05) is 18.8 Å². The zero-order valence-electron chi connectivity index (χ0n) is 14.4. The van der Waals surface area contributed by atoms with Crippen LogP contribution in [0.3, 0.4) is 0 Å². The van der Waals surface area contributed by atoms with E-state index in [0.29, 0.717) is 18.8 Å². The third-order valence-electron chi connectivity index (χ3n) is 3.09. The molecule has 3 N–H and O–H groups in total. The van der Waals surface area contributed by atoms with Crippen molar-refractivity contribution >= 4 is 27.5 Å². The van der Waals surface area contributed by atoms with Gasteiger partial charge in [0.25, 0.3) is 0 Å². The average Bonchev–Trinajstić information content (AvgIpc) is 2.44. The second kappa shape index (κ2) is 8.25. The lowest BCUT2D eigenvalue weighted by molar-refractivity contribution is -0.143. The molecule has 0 aliphatic rings. The van der Waals surface area contributed by atoms with Gasteiger partial charge in [-0.05, 0) is 36.1 Å². The molecule has 24 heavy (non-hydrogen) atoms. The topological polar surface area (TPSA) is 110 Å². The molecule has 134 valence electrons. The summed E-state index contributed by atoms with van der Waals surface area (Å²) >= 11 is 0. The van der Waals surface area contributed by atoms with Crippen molar-refractivity contribution in [3.8, 4) is 0 Å². The summed E-state index contributed by atoms with van der Waals surface area (Å²) in [6, 6.07) is 5.32. The molecule has 0 aliphatic carbocycles. The summed E-state index contributed by atoms with van der Waals surface area (Å²) < 4.78 is 22.4. The first-order chi connectivity index (χ1) is 11.0. The van der Waals surface area contributed by atoms with Crippen molar-refractivity contribution in [2.45, 2.75) is 32.6 Å². The molecule has 0 radical (unpaired) electrons. The fraction of sp³-hybridized carbons (Fsp3) is 0.500. The molecule has 2 amide bonds. The Morgan fingerprint density at radius 2 is 1.50 bits per heavy atom. The van der Waals surface area contributed by atoms with E-state index >= 15 is 0 Å². The molecule has 1 rings (SSSR count). The van der Waals surface area contributed by atoms with Crippen LogP contribution in [0.15, 0.2) is 29.2 Å². The quantitative estimate of drug-likeness (QED) is 0.752. The minimum Gasteiger partial charge on any atom is -0.334 e. The summed E-state index contributed by atoms with van der Waals surface area (Å²) in [4.78, 5) is 26.0. The first-order valence-electron chi connectivity index (χ1n) is 7.73. The van der Waals surface area contributed by atoms with Crippen LogP contribution in [-0.4, -0.2) is 38.2 Å². The minimum atomic E-state index is -3.79. The molecule has 1 aromatic carbocycles. The van der Waals surface area contributed by atoms with Gasteiger partial charge < -0.3 is 10.2 Å². The van der Waals surface area contributed by atoms with Gasteiger partial charge >= 0.3 is 11.8 Å². The molecule has 7 nitrogen and oxygen atoms in total. The Kier molecular flexibility index (Phi) is 6.92. The maximum absolute atomic E-state index is 12.3. The maximum Gasteiger partial charge on any atom is 0.313 e. The molecule has 0 saturated heterocycles. The number of nitrogens with two attached hydrogens (primary N) is 1. The summed E-state index contributed by atoms with van der Waals surface area (Å²) in [5, 5.41) is 7.49. The second-order valence-electron chi connectivity index (χ2n) is 6.52. The molecule has 0 aliphatic heterocycles. The standard InChI is InChI=1S/C16H25N3O4S/c1-11(2)9-19(10-12(3)4)16(21)15(20)18-13-5-7-14(8-6-13)24(17,22)23/h5-8,11-12H,9-10H2,1-4H3,(H,18,20)(H2,17,22,23). The molecule has 0 unspecified atom stereocenters. The van der Waals surface area contributed by atoms with Gasteiger partial charge in [0.1, 0.15) is 0 Å². The Morgan fingerprint density at radius 1 is 1.04 bits per heavy atom. The van der Waals surface area contributed by atoms with Crippen LogP contribution in [0.5, 0.6) is 0 Å². The van der Waals surface area contributed by atoms with Crippen LogP contribution in [0.25, 0.3) is 0 Å². The van der Waals surface area contributed by atoms with Gasteiger partial charge in [-0.2, -0.15) is 0 Å². The van der Waals surface area contributed by atoms with Gasteiger partial charge in [-0.1, -0.05) is 27.7 Å². The molecule has 0 atom stereocenters. The number of nitrogens with one attached hydrogen (secondary N) is 1. The van der Waals surface area contributed by atoms with E-state index in [1.54, 1.807) is 0 Å². The third-order valence-corrected chi connectivity index (χ3v) is 4.02. The number of amides is 2. The average molecular weight is 355 g/mol. The van der Waals surface area contributed by atoms with Gasteiger partial charge in [-0.25, -0.2) is 13.6 Å². The number of nitrogens with zero attached hydrogens (tertiary/aromatic N) is 1. The summed E-state index contributed by atoms with van der Waals surface area (Å²) in [7, 11) is -3.79. The minimum absolute atomic E-state index is 0.0620. The van der Waals surface area contributed by atoms with Crippen molar-refractivity contribution < 1.29 is 18.0 Å². The van der Waals surface area contributed by atoms with Crippen molar-refractivity contribution in [1.29, 1.82) is 0 Å². The highest BCUT2D eigenvalue weighted by atomic mass is 32.2. The Hall–Kier alpha value is -1.93. The van der Waals surface area contributed by atoms with Crippen molar-refractivity contribution in [3.05, 3.63) is 24.3 Å². The smallest absolute Gasteiger partial charge is 0.313 e. The summed E-state index contributed by atoms with van der Waals surface area (Å²) in [6.45, 7) is 8.90. The zero-order valence-corrected chi connectivity index (χ0v) is 15.3. The molecule has 0 aromatic heterocycles. The summed E-state index contributed by atoms with van der Waals surface area (Å²) in [6.07, 6.45) is 0. The van der Waals surface area contributed by atoms with Crippen molar-refractivity contribution in [3.63, 3.8) is 0 Å². The van der Waals surface area contributed by atoms with E-state index < -0.39 is 21.8 Å². The lowest BCUT2D eigenvalue weighted by Gasteiger charge is -2.25. The number of primary sulfonamides is 1. The van der Waals surface area contributed by atoms with Crippen LogP contribution in [-0.2, 0) is 19.6 Å². The number of sulfonamides is 1. The maximum atomic E-state index is 12.3. The van der Waals surface area contributed by atoms with Crippen molar-refractivity contribution in [1.82, 2.24) is 4.90 Å². The predicted octanol–water partition coefficient (Wildman–Crippen LogP) is 1.41. The number of benzene rings is 1. The molecular weight excluding hydrogens is 330 g/mol. The van der Waals surface area contributed by atoms with E-state index in [1.807, 2.05) is 27.7 Å². The lowest BCUT2D eigenvalue weighted by atomic mass is 10.1. The van der Waals surface area contributed by atoms with Gasteiger partial charge in [-0.15, -0.1) is 0 Å². The molecule has 8 heteroatoms. The highest BCUT2D eigenvalue weighted by molar-refractivity contribution is 7.89. The predicted molar refractivity (Wildman–Crippen MR) is 92.7 cm³/mol. The van der Waals surface area contributed by atoms with Crippen LogP contribution in [0, 0.1) is 11.8 Å². The van der Waals surface area contributed by atoms with Crippen LogP contribution in [0.4, 0.5) is 5.69 Å². The van der Waals surface area contributed by atoms with Gasteiger partial charge in [0.2, 0.25) is 10.0 Å². The molecule has 1 aromatic rings. The largest absolute Gasteiger partial charge is 0.334 e. The molecule has 0 fully saturated rings. The lowest BCUT2D eigenvalue weighted by Crippen LogP contribution is -2.43. The van der Waals surface area contributed by atoms with E-state index in [9.17, 15) is 18.0 Å². The van der Waals surface area contributed by atoms with Crippen LogP contribution < -0.4 is 10.5 Å². The molecule has 0 saturated carbocycles. The molecular formula is C16H25N3O4S. The first-order valence-corrected chi connectivity index (χ1v) is 9.28. The van der Waals surface area contributed by atoms with E-state index in [-0.39, 0.29) is 16.7 Å². The molecule has 0 bridgehead atoms. The van der Waals surface area contributed by atoms with Crippen LogP contribution in [0.1, 0.15) is 27.7 Å². The normalized spacial score (nSPS) is 11.6. The molecule has 0 heterocycles. The van der Waals surface area contributed by atoms with Crippen molar-refractivity contribution in [2.75, 3.05) is 18.4 Å². The van der Waals surface area contributed by atoms with E-state index in [1.165, 1.54) is 29.2 Å². The van der Waals surface area contributed by atoms with E-state index in [4.69, 9.17) is 5.14 Å². The van der Waals surface area contributed by atoms with Gasteiger partial charge in [0.05, 0.1) is 4.90 Å². The summed E-state index contributed by atoms with van der Waals surface area (Å²) in [5.74, 6) is -0.864. The van der Waals surface area contributed by atoms with Gasteiger partial charge in [0.15, 0.2) is 0 Å². The van der Waals surface area contributed by atoms with Crippen LogP contribution >= 0.6 is 0 Å². The number of rotatable bonds is 6. The van der Waals surface area contributed by atoms with Crippen LogP contribution in [0.2, 0.25) is 0 Å². The number of carbonyl (C=O) groups excluding carboxylic acids is 2. The highest BCUT2D eigenvalue weighted by Gasteiger charge is 2.23. The fourth-order valence-corrected chi connectivity index (χ4v) is 2.69. The monoisotopic (exact) mass is 355 g/mol. The van der Waals surface area contributed by atoms with E-state index in [2.05, 4.69) is 5.32 Å². The number of anilines is 1. The van der Waals surface area contributed by atoms with Gasteiger partial charge in [-0.3, -0.25) is 9.59 Å². The Bertz CT molecular complexity index is 672. The van der Waals surface area contributed by atoms with Crippen molar-refractivity contribution in [2.24, 2.45) is 17.0 Å². The second-order valence-corrected chi connectivity index (χ2v) is 8.08. The SMILES string of the molecule is CC(C)CN(CC(C)C)C(=O)C(=O)Nc1ccc(S(N)(=O)=O)cc1. The summed E-state index contributed by atoms with van der Waals surface area (Å²) in [5.41, 5.74) is 0.329. The Morgan fingerprint density at radius 3 is 1.88 bits per heavy atom. The Labute approximate surface area is 143 Å². The number of hydrogen-bond acceptors (Lipinski definition) is 4. The molecule has 0 spiro atoms. The zero-order chi connectivity index (χ0) is 18.5. The first kappa shape index (κ1) is 20.1. The highest BCUT2D eigenvalue weighted by Crippen LogP contribution is 2.13. The fourth-order valence-electron chi connectivity index (χ4n) is 2.18. The third kappa shape index (κ3) is 6.29. The number of hydrogen-bond donors (Lipinski definition) is 2. The van der Waals surface area contributed by atoms with E-state index in [0.717, 1.165) is 0 Å². The Balaban J connectivity index is 2.82.